The lowest BCUT2D eigenvalue weighted by Gasteiger charge is -2.12. The van der Waals surface area contributed by atoms with E-state index in [9.17, 15) is 0 Å². The highest BCUT2D eigenvalue weighted by Gasteiger charge is 2.08. The topological polar surface area (TPSA) is 55.6 Å². The van der Waals surface area contributed by atoms with Gasteiger partial charge >= 0.3 is 0 Å². The van der Waals surface area contributed by atoms with Crippen molar-refractivity contribution >= 4 is 11.8 Å². The van der Waals surface area contributed by atoms with E-state index in [1.807, 2.05) is 30.3 Å². The predicted molar refractivity (Wildman–Crippen MR) is 97.6 cm³/mol. The minimum absolute atomic E-state index is 0.505. The Morgan fingerprint density at radius 2 is 1.75 bits per heavy atom. The van der Waals surface area contributed by atoms with Gasteiger partial charge in [0.15, 0.2) is 0 Å². The third kappa shape index (κ3) is 4.43. The van der Waals surface area contributed by atoms with Crippen LogP contribution in [0.4, 0.5) is 0 Å². The molecule has 1 aromatic heterocycles. The molecule has 6 heteroatoms. The van der Waals surface area contributed by atoms with Gasteiger partial charge in [0.2, 0.25) is 5.16 Å². The van der Waals surface area contributed by atoms with E-state index in [-0.39, 0.29) is 0 Å². The number of aromatic nitrogens is 4. The van der Waals surface area contributed by atoms with E-state index in [4.69, 9.17) is 0 Å². The summed E-state index contributed by atoms with van der Waals surface area (Å²) in [5, 5.41) is 16.3. The van der Waals surface area contributed by atoms with Gasteiger partial charge in [-0.2, -0.15) is 4.68 Å². The minimum Gasteiger partial charge on any atom is -0.315 e. The van der Waals surface area contributed by atoms with E-state index in [2.05, 4.69) is 58.1 Å². The molecule has 0 saturated carbocycles. The second-order valence-corrected chi connectivity index (χ2v) is 6.64. The summed E-state index contributed by atoms with van der Waals surface area (Å²) in [6.45, 7) is 4.13. The lowest BCUT2D eigenvalue weighted by Crippen LogP contribution is -2.22. The fourth-order valence-corrected chi connectivity index (χ4v) is 3.22. The number of para-hydroxylation sites is 1. The molecule has 0 radical (unpaired) electrons. The van der Waals surface area contributed by atoms with E-state index >= 15 is 0 Å². The second kappa shape index (κ2) is 8.61. The molecule has 3 rings (SSSR count). The zero-order valence-electron chi connectivity index (χ0n) is 13.7. The zero-order valence-corrected chi connectivity index (χ0v) is 14.5. The number of tetrazole rings is 1. The van der Waals surface area contributed by atoms with Crippen molar-refractivity contribution in [2.45, 2.75) is 18.0 Å². The van der Waals surface area contributed by atoms with Gasteiger partial charge in [0.1, 0.15) is 0 Å². The van der Waals surface area contributed by atoms with Crippen molar-refractivity contribution in [2.24, 2.45) is 0 Å². The Balaban J connectivity index is 1.44. The first-order valence-corrected chi connectivity index (χ1v) is 9.05. The van der Waals surface area contributed by atoms with Gasteiger partial charge in [-0.15, -0.1) is 5.10 Å². The maximum atomic E-state index is 4.11. The van der Waals surface area contributed by atoms with Gasteiger partial charge in [-0.3, -0.25) is 0 Å². The largest absolute Gasteiger partial charge is 0.315 e. The molecule has 1 atom stereocenters. The molecule has 124 valence electrons. The first-order chi connectivity index (χ1) is 11.8. The lowest BCUT2D eigenvalue weighted by molar-refractivity contribution is 0.637. The maximum Gasteiger partial charge on any atom is 0.214 e. The predicted octanol–water partition coefficient (Wildman–Crippen LogP) is 3.15. The number of rotatable bonds is 8. The monoisotopic (exact) mass is 339 g/mol. The van der Waals surface area contributed by atoms with Crippen molar-refractivity contribution in [3.63, 3.8) is 0 Å². The highest BCUT2D eigenvalue weighted by atomic mass is 32.2. The van der Waals surface area contributed by atoms with Crippen LogP contribution in [0.15, 0.2) is 65.8 Å². The summed E-state index contributed by atoms with van der Waals surface area (Å²) in [6, 6.07) is 20.5. The average molecular weight is 339 g/mol. The second-order valence-electron chi connectivity index (χ2n) is 5.57. The molecule has 1 N–H and O–H groups in total. The number of hydrogen-bond donors (Lipinski definition) is 1. The van der Waals surface area contributed by atoms with E-state index in [1.165, 1.54) is 5.56 Å². The number of thioether (sulfide) groups is 1. The Labute approximate surface area is 146 Å². The van der Waals surface area contributed by atoms with Crippen LogP contribution >= 0.6 is 11.8 Å². The molecule has 0 spiro atoms. The Hall–Kier alpha value is -2.18. The Morgan fingerprint density at radius 1 is 1.04 bits per heavy atom. The maximum absolute atomic E-state index is 4.11. The molecule has 0 fully saturated rings. The van der Waals surface area contributed by atoms with Crippen molar-refractivity contribution in [2.75, 3.05) is 18.8 Å². The van der Waals surface area contributed by atoms with Gasteiger partial charge in [0.05, 0.1) is 5.69 Å². The Morgan fingerprint density at radius 3 is 2.50 bits per heavy atom. The molecule has 0 unspecified atom stereocenters. The number of nitrogens with one attached hydrogen (secondary N) is 1. The molecular weight excluding hydrogens is 318 g/mol. The molecule has 0 saturated heterocycles. The zero-order chi connectivity index (χ0) is 16.6. The van der Waals surface area contributed by atoms with Crippen molar-refractivity contribution in [3.8, 4) is 5.69 Å². The summed E-state index contributed by atoms with van der Waals surface area (Å²) in [6.07, 6.45) is 0. The van der Waals surface area contributed by atoms with Crippen molar-refractivity contribution in [1.82, 2.24) is 25.5 Å². The Bertz CT molecular complexity index is 729. The van der Waals surface area contributed by atoms with Crippen LogP contribution in [0.2, 0.25) is 0 Å². The van der Waals surface area contributed by atoms with Crippen LogP contribution in [0.5, 0.6) is 0 Å². The van der Waals surface area contributed by atoms with Crippen LogP contribution in [0.1, 0.15) is 18.4 Å². The van der Waals surface area contributed by atoms with Crippen LogP contribution < -0.4 is 5.32 Å². The van der Waals surface area contributed by atoms with Gasteiger partial charge < -0.3 is 5.32 Å². The van der Waals surface area contributed by atoms with E-state index in [0.717, 1.165) is 29.7 Å². The highest BCUT2D eigenvalue weighted by molar-refractivity contribution is 7.99. The normalized spacial score (nSPS) is 12.2. The van der Waals surface area contributed by atoms with Gasteiger partial charge in [0, 0.05) is 18.8 Å². The fraction of sp³-hybridized carbons (Fsp3) is 0.278. The molecule has 0 aliphatic rings. The smallest absolute Gasteiger partial charge is 0.214 e. The minimum atomic E-state index is 0.505. The summed E-state index contributed by atoms with van der Waals surface area (Å²) < 4.78 is 1.78. The summed E-state index contributed by atoms with van der Waals surface area (Å²) in [5.74, 6) is 1.43. The lowest BCUT2D eigenvalue weighted by atomic mass is 10.0. The molecule has 0 amide bonds. The molecule has 1 heterocycles. The molecule has 0 bridgehead atoms. The molecule has 0 aliphatic carbocycles. The van der Waals surface area contributed by atoms with Crippen LogP contribution in [-0.4, -0.2) is 39.0 Å². The third-order valence-corrected chi connectivity index (χ3v) is 4.69. The summed E-state index contributed by atoms with van der Waals surface area (Å²) >= 11 is 1.66. The van der Waals surface area contributed by atoms with Gasteiger partial charge in [-0.1, -0.05) is 67.2 Å². The standard InChI is InChI=1S/C18H21N5S/c1-15(16-8-4-2-5-9-16)14-19-12-13-24-18-20-21-22-23(18)17-10-6-3-7-11-17/h2-11,15,19H,12-14H2,1H3/t15-/m1/s1. The first-order valence-electron chi connectivity index (χ1n) is 8.07. The van der Waals surface area contributed by atoms with Gasteiger partial charge in [-0.25, -0.2) is 0 Å². The number of nitrogens with zero attached hydrogens (tertiary/aromatic N) is 4. The molecule has 24 heavy (non-hydrogen) atoms. The first kappa shape index (κ1) is 16.7. The van der Waals surface area contributed by atoms with Gasteiger partial charge in [0.25, 0.3) is 0 Å². The van der Waals surface area contributed by atoms with E-state index in [1.54, 1.807) is 16.4 Å². The van der Waals surface area contributed by atoms with Crippen molar-refractivity contribution < 1.29 is 0 Å². The summed E-state index contributed by atoms with van der Waals surface area (Å²) in [5.41, 5.74) is 2.35. The average Bonchev–Trinajstić information content (AvgIpc) is 3.11. The van der Waals surface area contributed by atoms with Crippen LogP contribution in [0, 0.1) is 0 Å². The molecular formula is C18H21N5S. The fourth-order valence-electron chi connectivity index (χ4n) is 2.43. The Kier molecular flexibility index (Phi) is 5.98. The molecule has 2 aromatic carbocycles. The van der Waals surface area contributed by atoms with Crippen LogP contribution in [-0.2, 0) is 0 Å². The number of benzene rings is 2. The molecule has 0 aliphatic heterocycles. The van der Waals surface area contributed by atoms with Crippen LogP contribution in [0.3, 0.4) is 0 Å². The summed E-state index contributed by atoms with van der Waals surface area (Å²) in [4.78, 5) is 0. The SMILES string of the molecule is C[C@H](CNCCSc1nnnn1-c1ccccc1)c1ccccc1. The summed E-state index contributed by atoms with van der Waals surface area (Å²) in [7, 11) is 0. The molecule has 3 aromatic rings. The van der Waals surface area contributed by atoms with Crippen LogP contribution in [0.25, 0.3) is 5.69 Å². The highest BCUT2D eigenvalue weighted by Crippen LogP contribution is 2.17. The molecule has 5 nitrogen and oxygen atoms in total. The van der Waals surface area contributed by atoms with E-state index in [0.29, 0.717) is 5.92 Å². The quantitative estimate of drug-likeness (QED) is 0.505. The van der Waals surface area contributed by atoms with E-state index < -0.39 is 0 Å². The van der Waals surface area contributed by atoms with Crippen molar-refractivity contribution in [1.29, 1.82) is 0 Å². The number of hydrogen-bond acceptors (Lipinski definition) is 5. The van der Waals surface area contributed by atoms with Crippen molar-refractivity contribution in [3.05, 3.63) is 66.2 Å². The van der Waals surface area contributed by atoms with Gasteiger partial charge in [-0.05, 0) is 34.0 Å². The third-order valence-electron chi connectivity index (χ3n) is 3.77.